The fourth-order valence-electron chi connectivity index (χ4n) is 1.97. The third kappa shape index (κ3) is 3.93. The Balaban J connectivity index is 2.00. The zero-order chi connectivity index (χ0) is 14.7. The van der Waals surface area contributed by atoms with Crippen LogP contribution in [0.2, 0.25) is 0 Å². The van der Waals surface area contributed by atoms with Gasteiger partial charge in [0, 0.05) is 11.4 Å². The Bertz CT molecular complexity index is 511. The van der Waals surface area contributed by atoms with Crippen LogP contribution in [0.4, 0.5) is 9.93 Å². The molecule has 1 heterocycles. The van der Waals surface area contributed by atoms with E-state index in [4.69, 9.17) is 5.11 Å². The zero-order valence-corrected chi connectivity index (χ0v) is 12.5. The van der Waals surface area contributed by atoms with Crippen molar-refractivity contribution in [1.82, 2.24) is 9.88 Å². The number of aromatic nitrogens is 1. The minimum Gasteiger partial charge on any atom is -0.480 e. The molecule has 0 aromatic carbocycles. The number of carbonyl (C=O) groups is 2. The van der Waals surface area contributed by atoms with Gasteiger partial charge in [-0.1, -0.05) is 6.92 Å². The first kappa shape index (κ1) is 14.8. The predicted molar refractivity (Wildman–Crippen MR) is 77.2 cm³/mol. The first-order chi connectivity index (χ1) is 9.49. The third-order valence-electron chi connectivity index (χ3n) is 3.23. The first-order valence-corrected chi connectivity index (χ1v) is 7.55. The van der Waals surface area contributed by atoms with Crippen LogP contribution in [-0.4, -0.2) is 40.1 Å². The summed E-state index contributed by atoms with van der Waals surface area (Å²) in [7, 11) is 0. The Morgan fingerprint density at radius 3 is 2.70 bits per heavy atom. The highest BCUT2D eigenvalue weighted by molar-refractivity contribution is 7.15. The second-order valence-electron chi connectivity index (χ2n) is 5.02. The van der Waals surface area contributed by atoms with Gasteiger partial charge in [-0.3, -0.25) is 10.1 Å². The average Bonchev–Trinajstić information content (AvgIpc) is 3.11. The number of carbonyl (C=O) groups excluding carboxylic acids is 1. The van der Waals surface area contributed by atoms with E-state index in [-0.39, 0.29) is 12.6 Å². The van der Waals surface area contributed by atoms with Crippen LogP contribution >= 0.6 is 11.3 Å². The third-order valence-corrected chi connectivity index (χ3v) is 4.16. The number of aryl methyl sites for hydroxylation is 2. The van der Waals surface area contributed by atoms with Crippen molar-refractivity contribution < 1.29 is 14.7 Å². The zero-order valence-electron chi connectivity index (χ0n) is 11.7. The van der Waals surface area contributed by atoms with Crippen molar-refractivity contribution >= 4 is 28.5 Å². The summed E-state index contributed by atoms with van der Waals surface area (Å²) in [6, 6.07) is -0.379. The molecule has 0 spiro atoms. The average molecular weight is 297 g/mol. The van der Waals surface area contributed by atoms with Crippen molar-refractivity contribution in [3.05, 3.63) is 10.6 Å². The lowest BCUT2D eigenvalue weighted by Gasteiger charge is -2.20. The fourth-order valence-corrected chi connectivity index (χ4v) is 2.87. The lowest BCUT2D eigenvalue weighted by atomic mass is 10.3. The van der Waals surface area contributed by atoms with E-state index in [1.807, 2.05) is 13.8 Å². The van der Waals surface area contributed by atoms with Gasteiger partial charge in [0.1, 0.15) is 6.54 Å². The number of anilines is 1. The first-order valence-electron chi connectivity index (χ1n) is 6.73. The standard InChI is InChI=1S/C13H19N3O3S/c1-3-10-8(2)20-12(14-10)15-13(19)16(7-11(17)18)6-9-4-5-9/h9H,3-7H2,1-2H3,(H,17,18)(H,14,15,19). The Morgan fingerprint density at radius 2 is 2.20 bits per heavy atom. The van der Waals surface area contributed by atoms with Gasteiger partial charge in [0.05, 0.1) is 5.69 Å². The van der Waals surface area contributed by atoms with Crippen molar-refractivity contribution in [3.8, 4) is 0 Å². The van der Waals surface area contributed by atoms with Crippen molar-refractivity contribution in [2.75, 3.05) is 18.4 Å². The molecule has 2 amide bonds. The highest BCUT2D eigenvalue weighted by Gasteiger charge is 2.28. The SMILES string of the molecule is CCc1nc(NC(=O)N(CC(=O)O)CC2CC2)sc1C. The molecule has 0 bridgehead atoms. The molecule has 110 valence electrons. The Kier molecular flexibility index (Phi) is 4.59. The summed E-state index contributed by atoms with van der Waals surface area (Å²) in [6.07, 6.45) is 2.96. The van der Waals surface area contributed by atoms with Gasteiger partial charge in [0.15, 0.2) is 5.13 Å². The Morgan fingerprint density at radius 1 is 1.50 bits per heavy atom. The van der Waals surface area contributed by atoms with Gasteiger partial charge in [-0.25, -0.2) is 9.78 Å². The number of nitrogens with zero attached hydrogens (tertiary/aromatic N) is 2. The molecule has 1 fully saturated rings. The number of urea groups is 1. The molecule has 20 heavy (non-hydrogen) atoms. The molecular formula is C13H19N3O3S. The Labute approximate surface area is 121 Å². The van der Waals surface area contributed by atoms with Crippen molar-refractivity contribution in [2.45, 2.75) is 33.1 Å². The summed E-state index contributed by atoms with van der Waals surface area (Å²) in [5.41, 5.74) is 0.970. The number of rotatable bonds is 6. The summed E-state index contributed by atoms with van der Waals surface area (Å²) >= 11 is 1.42. The largest absolute Gasteiger partial charge is 0.480 e. The summed E-state index contributed by atoms with van der Waals surface area (Å²) in [5, 5.41) is 12.1. The van der Waals surface area contributed by atoms with Crippen LogP contribution in [0, 0.1) is 12.8 Å². The van der Waals surface area contributed by atoms with Crippen LogP contribution in [0.3, 0.4) is 0 Å². The van der Waals surface area contributed by atoms with Gasteiger partial charge in [-0.05, 0) is 32.1 Å². The molecule has 0 unspecified atom stereocenters. The summed E-state index contributed by atoms with van der Waals surface area (Å²) < 4.78 is 0. The van der Waals surface area contributed by atoms with Crippen molar-refractivity contribution in [2.24, 2.45) is 5.92 Å². The molecule has 1 saturated carbocycles. The van der Waals surface area contributed by atoms with Gasteiger partial charge < -0.3 is 10.0 Å². The monoisotopic (exact) mass is 297 g/mol. The summed E-state index contributed by atoms with van der Waals surface area (Å²) in [5.74, 6) is -0.547. The topological polar surface area (TPSA) is 82.5 Å². The minimum atomic E-state index is -0.995. The number of carboxylic acids is 1. The van der Waals surface area contributed by atoms with E-state index in [2.05, 4.69) is 10.3 Å². The lowest BCUT2D eigenvalue weighted by molar-refractivity contribution is -0.137. The molecule has 0 atom stereocenters. The maximum Gasteiger partial charge on any atom is 0.324 e. The van der Waals surface area contributed by atoms with Gasteiger partial charge >= 0.3 is 12.0 Å². The number of nitrogens with one attached hydrogen (secondary N) is 1. The fraction of sp³-hybridized carbons (Fsp3) is 0.615. The molecule has 0 radical (unpaired) electrons. The highest BCUT2D eigenvalue weighted by atomic mass is 32.1. The molecular weight excluding hydrogens is 278 g/mol. The summed E-state index contributed by atoms with van der Waals surface area (Å²) in [6.45, 7) is 4.21. The number of hydrogen-bond donors (Lipinski definition) is 2. The number of amides is 2. The number of hydrogen-bond acceptors (Lipinski definition) is 4. The number of carboxylic acid groups (broad SMARTS) is 1. The van der Waals surface area contributed by atoms with Crippen LogP contribution < -0.4 is 5.32 Å². The molecule has 1 aromatic heterocycles. The van der Waals surface area contributed by atoms with E-state index < -0.39 is 5.97 Å². The molecule has 2 N–H and O–H groups in total. The predicted octanol–water partition coefficient (Wildman–Crippen LogP) is 2.34. The van der Waals surface area contributed by atoms with E-state index in [1.54, 1.807) is 0 Å². The lowest BCUT2D eigenvalue weighted by Crippen LogP contribution is -2.40. The quantitative estimate of drug-likeness (QED) is 0.844. The number of thiazole rings is 1. The maximum atomic E-state index is 12.1. The summed E-state index contributed by atoms with van der Waals surface area (Å²) in [4.78, 5) is 29.7. The molecule has 1 aliphatic rings. The molecule has 6 nitrogen and oxygen atoms in total. The van der Waals surface area contributed by atoms with E-state index >= 15 is 0 Å². The highest BCUT2D eigenvalue weighted by Crippen LogP contribution is 2.30. The van der Waals surface area contributed by atoms with Crippen LogP contribution in [0.5, 0.6) is 0 Å². The normalized spacial score (nSPS) is 14.1. The number of aliphatic carboxylic acids is 1. The maximum absolute atomic E-state index is 12.1. The van der Waals surface area contributed by atoms with E-state index in [0.717, 1.165) is 29.8 Å². The van der Waals surface area contributed by atoms with Gasteiger partial charge in [0.25, 0.3) is 0 Å². The van der Waals surface area contributed by atoms with Crippen molar-refractivity contribution in [3.63, 3.8) is 0 Å². The molecule has 0 saturated heterocycles. The second kappa shape index (κ2) is 6.21. The molecule has 1 aliphatic carbocycles. The Hall–Kier alpha value is -1.63. The molecule has 1 aromatic rings. The van der Waals surface area contributed by atoms with E-state index in [1.165, 1.54) is 16.2 Å². The molecule has 0 aliphatic heterocycles. The van der Waals surface area contributed by atoms with Crippen molar-refractivity contribution in [1.29, 1.82) is 0 Å². The van der Waals surface area contributed by atoms with Gasteiger partial charge in [-0.15, -0.1) is 11.3 Å². The van der Waals surface area contributed by atoms with Crippen LogP contribution in [0.25, 0.3) is 0 Å². The smallest absolute Gasteiger partial charge is 0.324 e. The van der Waals surface area contributed by atoms with Crippen LogP contribution in [-0.2, 0) is 11.2 Å². The molecule has 2 rings (SSSR count). The van der Waals surface area contributed by atoms with Gasteiger partial charge in [-0.2, -0.15) is 0 Å². The van der Waals surface area contributed by atoms with E-state index in [9.17, 15) is 9.59 Å². The van der Waals surface area contributed by atoms with E-state index in [0.29, 0.717) is 17.6 Å². The van der Waals surface area contributed by atoms with Gasteiger partial charge in [0.2, 0.25) is 0 Å². The van der Waals surface area contributed by atoms with Crippen LogP contribution in [0.15, 0.2) is 0 Å². The minimum absolute atomic E-state index is 0.271. The molecule has 7 heteroatoms. The second-order valence-corrected chi connectivity index (χ2v) is 6.23. The van der Waals surface area contributed by atoms with Crippen LogP contribution in [0.1, 0.15) is 30.3 Å².